The smallest absolute Gasteiger partial charge is 0.0108 e. The molecule has 0 radical (unpaired) electrons. The molecule has 4 aliphatic rings. The first kappa shape index (κ1) is 12.8. The number of piperidine rings is 3. The Morgan fingerprint density at radius 2 is 1.75 bits per heavy atom. The molecule has 1 atom stereocenters. The lowest BCUT2D eigenvalue weighted by Crippen LogP contribution is -2.50. The van der Waals surface area contributed by atoms with Crippen LogP contribution >= 0.6 is 0 Å². The van der Waals surface area contributed by atoms with Crippen LogP contribution in [0.1, 0.15) is 43.2 Å². The molecule has 108 valence electrons. The van der Waals surface area contributed by atoms with Crippen LogP contribution in [0.3, 0.4) is 0 Å². The quantitative estimate of drug-likeness (QED) is 0.908. The second kappa shape index (κ2) is 5.16. The molecular weight excluding hydrogens is 244 g/mol. The fourth-order valence-corrected chi connectivity index (χ4v) is 4.47. The van der Waals surface area contributed by atoms with Gasteiger partial charge in [-0.2, -0.15) is 0 Å². The number of hydrogen-bond acceptors (Lipinski definition) is 2. The van der Waals surface area contributed by atoms with E-state index in [0.717, 1.165) is 6.04 Å². The minimum Gasteiger partial charge on any atom is -0.314 e. The number of nitrogens with zero attached hydrogens (tertiary/aromatic N) is 1. The average molecular weight is 270 g/mol. The number of benzene rings is 1. The lowest BCUT2D eigenvalue weighted by molar-refractivity contribution is 0.0818. The zero-order valence-corrected chi connectivity index (χ0v) is 12.4. The Bertz CT molecular complexity index is 437. The van der Waals surface area contributed by atoms with Crippen molar-refractivity contribution < 1.29 is 0 Å². The fourth-order valence-electron chi connectivity index (χ4n) is 4.47. The Balaban J connectivity index is 1.49. The van der Waals surface area contributed by atoms with Crippen molar-refractivity contribution in [3.05, 3.63) is 35.4 Å². The second-order valence-electron chi connectivity index (χ2n) is 7.07. The van der Waals surface area contributed by atoms with Crippen molar-refractivity contribution in [1.82, 2.24) is 10.2 Å². The third kappa shape index (κ3) is 2.29. The summed E-state index contributed by atoms with van der Waals surface area (Å²) >= 11 is 0. The van der Waals surface area contributed by atoms with Gasteiger partial charge in [-0.15, -0.1) is 0 Å². The SMILES string of the molecule is c1cc(C23CCN(CC2)CC3)ccc1CC1CCCN1. The maximum absolute atomic E-state index is 3.60. The van der Waals surface area contributed by atoms with E-state index < -0.39 is 0 Å². The normalized spacial score (nSPS) is 36.4. The summed E-state index contributed by atoms with van der Waals surface area (Å²) in [5, 5.41) is 3.60. The summed E-state index contributed by atoms with van der Waals surface area (Å²) in [6, 6.07) is 10.4. The fraction of sp³-hybridized carbons (Fsp3) is 0.667. The first-order chi connectivity index (χ1) is 9.84. The summed E-state index contributed by atoms with van der Waals surface area (Å²) in [6.45, 7) is 5.15. The van der Waals surface area contributed by atoms with Crippen molar-refractivity contribution in [2.75, 3.05) is 26.2 Å². The Hall–Kier alpha value is -0.860. The molecule has 0 aromatic heterocycles. The summed E-state index contributed by atoms with van der Waals surface area (Å²) in [6.07, 6.45) is 8.02. The summed E-state index contributed by atoms with van der Waals surface area (Å²) in [5.41, 5.74) is 3.64. The van der Waals surface area contributed by atoms with Crippen molar-refractivity contribution in [2.45, 2.75) is 50.0 Å². The molecule has 0 spiro atoms. The molecule has 1 N–H and O–H groups in total. The average Bonchev–Trinajstić information content (AvgIpc) is 3.03. The molecule has 4 saturated heterocycles. The van der Waals surface area contributed by atoms with Gasteiger partial charge in [0.2, 0.25) is 0 Å². The zero-order valence-electron chi connectivity index (χ0n) is 12.4. The molecule has 1 aromatic carbocycles. The molecule has 1 unspecified atom stereocenters. The highest BCUT2D eigenvalue weighted by molar-refractivity contribution is 5.31. The van der Waals surface area contributed by atoms with Gasteiger partial charge in [-0.25, -0.2) is 0 Å². The highest BCUT2D eigenvalue weighted by Gasteiger charge is 2.40. The predicted molar refractivity (Wildman–Crippen MR) is 83.1 cm³/mol. The van der Waals surface area contributed by atoms with Gasteiger partial charge in [0.15, 0.2) is 0 Å². The molecular formula is C18H26N2. The maximum atomic E-state index is 3.60. The van der Waals surface area contributed by atoms with Gasteiger partial charge in [0.1, 0.15) is 0 Å². The van der Waals surface area contributed by atoms with E-state index in [1.54, 1.807) is 5.56 Å². The third-order valence-corrected chi connectivity index (χ3v) is 5.93. The van der Waals surface area contributed by atoms with Crippen molar-refractivity contribution in [3.8, 4) is 0 Å². The van der Waals surface area contributed by atoms with Crippen LogP contribution in [0.2, 0.25) is 0 Å². The molecule has 0 aliphatic carbocycles. The van der Waals surface area contributed by atoms with Crippen LogP contribution in [0.4, 0.5) is 0 Å². The minimum atomic E-state index is 0.513. The van der Waals surface area contributed by atoms with Crippen molar-refractivity contribution in [1.29, 1.82) is 0 Å². The second-order valence-corrected chi connectivity index (χ2v) is 7.07. The van der Waals surface area contributed by atoms with Crippen LogP contribution in [-0.4, -0.2) is 37.1 Å². The molecule has 5 rings (SSSR count). The number of rotatable bonds is 3. The van der Waals surface area contributed by atoms with E-state index in [1.807, 2.05) is 0 Å². The van der Waals surface area contributed by atoms with Gasteiger partial charge in [0.05, 0.1) is 0 Å². The molecule has 1 aromatic rings. The van der Waals surface area contributed by atoms with Crippen molar-refractivity contribution in [2.24, 2.45) is 0 Å². The van der Waals surface area contributed by atoms with Gasteiger partial charge < -0.3 is 10.2 Å². The molecule has 2 bridgehead atoms. The van der Waals surface area contributed by atoms with Crippen LogP contribution in [0.5, 0.6) is 0 Å². The molecule has 4 heterocycles. The minimum absolute atomic E-state index is 0.513. The van der Waals surface area contributed by atoms with Crippen LogP contribution in [0.15, 0.2) is 24.3 Å². The first-order valence-electron chi connectivity index (χ1n) is 8.39. The van der Waals surface area contributed by atoms with Crippen LogP contribution in [0.25, 0.3) is 0 Å². The van der Waals surface area contributed by atoms with Crippen LogP contribution < -0.4 is 5.32 Å². The van der Waals surface area contributed by atoms with E-state index in [2.05, 4.69) is 34.5 Å². The third-order valence-electron chi connectivity index (χ3n) is 5.93. The zero-order chi connectivity index (χ0) is 13.4. The van der Waals surface area contributed by atoms with E-state index in [-0.39, 0.29) is 0 Å². The number of fused-ring (bicyclic) bond motifs is 3. The summed E-state index contributed by atoms with van der Waals surface area (Å²) < 4.78 is 0. The van der Waals surface area contributed by atoms with Crippen LogP contribution in [-0.2, 0) is 11.8 Å². The van der Waals surface area contributed by atoms with Gasteiger partial charge >= 0.3 is 0 Å². The first-order valence-corrected chi connectivity index (χ1v) is 8.39. The summed E-state index contributed by atoms with van der Waals surface area (Å²) in [7, 11) is 0. The van der Waals surface area contributed by atoms with E-state index in [1.165, 1.54) is 70.3 Å². The van der Waals surface area contributed by atoms with Crippen molar-refractivity contribution >= 4 is 0 Å². The van der Waals surface area contributed by atoms with Crippen molar-refractivity contribution in [3.63, 3.8) is 0 Å². The van der Waals surface area contributed by atoms with Crippen LogP contribution in [0, 0.1) is 0 Å². The monoisotopic (exact) mass is 270 g/mol. The van der Waals surface area contributed by atoms with Gasteiger partial charge in [0.25, 0.3) is 0 Å². The van der Waals surface area contributed by atoms with E-state index >= 15 is 0 Å². The predicted octanol–water partition coefficient (Wildman–Crippen LogP) is 2.72. The molecule has 2 heteroatoms. The Labute approximate surface area is 122 Å². The molecule has 2 nitrogen and oxygen atoms in total. The van der Waals surface area contributed by atoms with E-state index in [0.29, 0.717) is 5.41 Å². The van der Waals surface area contributed by atoms with E-state index in [4.69, 9.17) is 0 Å². The van der Waals surface area contributed by atoms with Gasteiger partial charge in [-0.05, 0) is 81.2 Å². The van der Waals surface area contributed by atoms with Gasteiger partial charge in [-0.3, -0.25) is 0 Å². The highest BCUT2D eigenvalue weighted by atomic mass is 15.1. The summed E-state index contributed by atoms with van der Waals surface area (Å²) in [5.74, 6) is 0. The van der Waals surface area contributed by atoms with Gasteiger partial charge in [0, 0.05) is 6.04 Å². The molecule has 0 amide bonds. The topological polar surface area (TPSA) is 15.3 Å². The Morgan fingerprint density at radius 3 is 2.35 bits per heavy atom. The molecule has 4 fully saturated rings. The molecule has 4 aliphatic heterocycles. The largest absolute Gasteiger partial charge is 0.314 e. The van der Waals surface area contributed by atoms with E-state index in [9.17, 15) is 0 Å². The maximum Gasteiger partial charge on any atom is 0.0108 e. The van der Waals surface area contributed by atoms with Gasteiger partial charge in [-0.1, -0.05) is 24.3 Å². The Morgan fingerprint density at radius 1 is 1.05 bits per heavy atom. The number of nitrogens with one attached hydrogen (secondary N) is 1. The lowest BCUT2D eigenvalue weighted by Gasteiger charge is -2.49. The lowest BCUT2D eigenvalue weighted by atomic mass is 9.67. The Kier molecular flexibility index (Phi) is 3.31. The molecule has 0 saturated carbocycles. The summed E-state index contributed by atoms with van der Waals surface area (Å²) in [4.78, 5) is 2.63. The number of hydrogen-bond donors (Lipinski definition) is 1. The highest BCUT2D eigenvalue weighted by Crippen LogP contribution is 2.42. The standard InChI is InChI=1S/C18H26N2/c1-2-17(19-10-1)14-15-3-5-16(6-4-15)18-7-11-20(12-8-18)13-9-18/h3-6,17,19H,1-2,7-14H2. The molecule has 20 heavy (non-hydrogen) atoms.